The van der Waals surface area contributed by atoms with Crippen molar-refractivity contribution in [1.29, 1.82) is 0 Å². The van der Waals surface area contributed by atoms with Gasteiger partial charge in [-0.05, 0) is 19.4 Å². The zero-order chi connectivity index (χ0) is 11.8. The van der Waals surface area contributed by atoms with E-state index in [1.54, 1.807) is 0 Å². The summed E-state index contributed by atoms with van der Waals surface area (Å²) in [6.07, 6.45) is 6.07. The van der Waals surface area contributed by atoms with Gasteiger partial charge in [0.15, 0.2) is 0 Å². The Labute approximate surface area is 98.0 Å². The van der Waals surface area contributed by atoms with Crippen molar-refractivity contribution in [2.75, 3.05) is 19.8 Å². The number of rotatable bonds is 8. The van der Waals surface area contributed by atoms with E-state index in [2.05, 4.69) is 30.5 Å². The van der Waals surface area contributed by atoms with E-state index in [1.807, 2.05) is 17.9 Å². The minimum atomic E-state index is 0.357. The van der Waals surface area contributed by atoms with Gasteiger partial charge in [0.2, 0.25) is 0 Å². The van der Waals surface area contributed by atoms with Crippen molar-refractivity contribution < 1.29 is 4.74 Å². The monoisotopic (exact) mass is 225 g/mol. The molecule has 4 heteroatoms. The molecular weight excluding hydrogens is 202 g/mol. The lowest BCUT2D eigenvalue weighted by Crippen LogP contribution is -2.22. The summed E-state index contributed by atoms with van der Waals surface area (Å²) in [5.74, 6) is 0. The van der Waals surface area contributed by atoms with Crippen LogP contribution in [0.2, 0.25) is 0 Å². The number of nitrogens with one attached hydrogen (secondary N) is 1. The number of nitrogens with zero attached hydrogens (tertiary/aromatic N) is 2. The van der Waals surface area contributed by atoms with E-state index in [1.165, 1.54) is 5.56 Å². The summed E-state index contributed by atoms with van der Waals surface area (Å²) < 4.78 is 7.36. The average Bonchev–Trinajstić information content (AvgIpc) is 2.69. The van der Waals surface area contributed by atoms with E-state index >= 15 is 0 Å². The number of ether oxygens (including phenoxy) is 1. The molecule has 4 nitrogen and oxygen atoms in total. The fourth-order valence-corrected chi connectivity index (χ4v) is 1.70. The molecule has 0 saturated carbocycles. The molecule has 1 unspecified atom stereocenters. The van der Waals surface area contributed by atoms with Crippen LogP contribution in [0.4, 0.5) is 0 Å². The molecule has 16 heavy (non-hydrogen) atoms. The third-order valence-corrected chi connectivity index (χ3v) is 2.48. The largest absolute Gasteiger partial charge is 0.381 e. The Hall–Kier alpha value is -0.870. The van der Waals surface area contributed by atoms with Gasteiger partial charge in [0.25, 0.3) is 0 Å². The standard InChI is InChI=1S/C12H23N3O/c1-4-7-16-8-6-12(13-5-2)11-9-14-15(3)10-11/h9-10,12-13H,4-8H2,1-3H3. The third kappa shape index (κ3) is 4.33. The summed E-state index contributed by atoms with van der Waals surface area (Å²) in [7, 11) is 1.94. The first-order chi connectivity index (χ1) is 7.77. The van der Waals surface area contributed by atoms with Crippen molar-refractivity contribution in [3.8, 4) is 0 Å². The fourth-order valence-electron chi connectivity index (χ4n) is 1.70. The minimum Gasteiger partial charge on any atom is -0.381 e. The molecule has 1 N–H and O–H groups in total. The van der Waals surface area contributed by atoms with Crippen molar-refractivity contribution >= 4 is 0 Å². The van der Waals surface area contributed by atoms with Gasteiger partial charge in [0.05, 0.1) is 6.20 Å². The Balaban J connectivity index is 2.41. The molecule has 1 heterocycles. The summed E-state index contributed by atoms with van der Waals surface area (Å²) in [5.41, 5.74) is 1.24. The maximum absolute atomic E-state index is 5.52. The SMILES string of the molecule is CCCOCCC(NCC)c1cnn(C)c1. The second kappa shape index (κ2) is 7.41. The van der Waals surface area contributed by atoms with Crippen LogP contribution in [0.15, 0.2) is 12.4 Å². The van der Waals surface area contributed by atoms with Crippen LogP contribution in [0, 0.1) is 0 Å². The molecule has 0 radical (unpaired) electrons. The summed E-state index contributed by atoms with van der Waals surface area (Å²) in [6.45, 7) is 6.87. The smallest absolute Gasteiger partial charge is 0.0537 e. The zero-order valence-corrected chi connectivity index (χ0v) is 10.6. The number of aromatic nitrogens is 2. The van der Waals surface area contributed by atoms with Gasteiger partial charge in [-0.3, -0.25) is 4.68 Å². The fraction of sp³-hybridized carbons (Fsp3) is 0.750. The molecule has 1 aromatic heterocycles. The van der Waals surface area contributed by atoms with Crippen LogP contribution < -0.4 is 5.32 Å². The van der Waals surface area contributed by atoms with Crippen LogP contribution in [0.5, 0.6) is 0 Å². The van der Waals surface area contributed by atoms with Crippen molar-refractivity contribution in [1.82, 2.24) is 15.1 Å². The topological polar surface area (TPSA) is 39.1 Å². The molecule has 92 valence electrons. The predicted octanol–water partition coefficient (Wildman–Crippen LogP) is 1.89. The molecule has 0 bridgehead atoms. The number of hydrogen-bond acceptors (Lipinski definition) is 3. The minimum absolute atomic E-state index is 0.357. The molecule has 0 saturated heterocycles. The highest BCUT2D eigenvalue weighted by molar-refractivity contribution is 5.10. The average molecular weight is 225 g/mol. The van der Waals surface area contributed by atoms with Crippen LogP contribution in [-0.4, -0.2) is 29.5 Å². The lowest BCUT2D eigenvalue weighted by Gasteiger charge is -2.16. The molecule has 0 amide bonds. The molecule has 1 aromatic rings. The molecule has 0 spiro atoms. The highest BCUT2D eigenvalue weighted by Gasteiger charge is 2.11. The highest BCUT2D eigenvalue weighted by Crippen LogP contribution is 2.15. The zero-order valence-electron chi connectivity index (χ0n) is 10.6. The summed E-state index contributed by atoms with van der Waals surface area (Å²) in [4.78, 5) is 0. The van der Waals surface area contributed by atoms with Crippen molar-refractivity contribution in [2.45, 2.75) is 32.7 Å². The quantitative estimate of drug-likeness (QED) is 0.687. The van der Waals surface area contributed by atoms with Gasteiger partial charge in [0, 0.05) is 38.1 Å². The van der Waals surface area contributed by atoms with Crippen LogP contribution in [0.25, 0.3) is 0 Å². The van der Waals surface area contributed by atoms with E-state index in [9.17, 15) is 0 Å². The molecular formula is C12H23N3O. The van der Waals surface area contributed by atoms with E-state index in [0.717, 1.165) is 32.6 Å². The Morgan fingerprint density at radius 3 is 2.81 bits per heavy atom. The van der Waals surface area contributed by atoms with Crippen molar-refractivity contribution in [3.63, 3.8) is 0 Å². The Bertz CT molecular complexity index is 286. The van der Waals surface area contributed by atoms with Gasteiger partial charge < -0.3 is 10.1 Å². The predicted molar refractivity (Wildman–Crippen MR) is 65.4 cm³/mol. The first-order valence-corrected chi connectivity index (χ1v) is 6.07. The summed E-state index contributed by atoms with van der Waals surface area (Å²) in [5, 5.41) is 7.66. The van der Waals surface area contributed by atoms with E-state index in [-0.39, 0.29) is 0 Å². The molecule has 0 aromatic carbocycles. The van der Waals surface area contributed by atoms with Gasteiger partial charge in [-0.25, -0.2) is 0 Å². The Morgan fingerprint density at radius 1 is 1.44 bits per heavy atom. The maximum Gasteiger partial charge on any atom is 0.0537 e. The van der Waals surface area contributed by atoms with Gasteiger partial charge in [-0.1, -0.05) is 13.8 Å². The first-order valence-electron chi connectivity index (χ1n) is 6.07. The summed E-state index contributed by atoms with van der Waals surface area (Å²) in [6, 6.07) is 0.357. The lowest BCUT2D eigenvalue weighted by atomic mass is 10.1. The second-order valence-electron chi connectivity index (χ2n) is 3.96. The van der Waals surface area contributed by atoms with E-state index in [0.29, 0.717) is 6.04 Å². The van der Waals surface area contributed by atoms with Gasteiger partial charge in [-0.2, -0.15) is 5.10 Å². The Kier molecular flexibility index (Phi) is 6.11. The molecule has 1 rings (SSSR count). The first kappa shape index (κ1) is 13.2. The normalized spacial score (nSPS) is 12.9. The lowest BCUT2D eigenvalue weighted by molar-refractivity contribution is 0.124. The number of hydrogen-bond donors (Lipinski definition) is 1. The van der Waals surface area contributed by atoms with Gasteiger partial charge >= 0.3 is 0 Å². The maximum atomic E-state index is 5.52. The van der Waals surface area contributed by atoms with E-state index < -0.39 is 0 Å². The van der Waals surface area contributed by atoms with E-state index in [4.69, 9.17) is 4.74 Å². The molecule has 0 aliphatic heterocycles. The molecule has 0 aliphatic carbocycles. The van der Waals surface area contributed by atoms with Gasteiger partial charge in [-0.15, -0.1) is 0 Å². The van der Waals surface area contributed by atoms with Crippen LogP contribution in [0.1, 0.15) is 38.3 Å². The van der Waals surface area contributed by atoms with Crippen molar-refractivity contribution in [2.24, 2.45) is 7.05 Å². The summed E-state index contributed by atoms with van der Waals surface area (Å²) >= 11 is 0. The molecule has 0 aliphatic rings. The third-order valence-electron chi connectivity index (χ3n) is 2.48. The highest BCUT2D eigenvalue weighted by atomic mass is 16.5. The molecule has 1 atom stereocenters. The van der Waals surface area contributed by atoms with Gasteiger partial charge in [0.1, 0.15) is 0 Å². The van der Waals surface area contributed by atoms with Crippen LogP contribution in [0.3, 0.4) is 0 Å². The van der Waals surface area contributed by atoms with Crippen molar-refractivity contribution in [3.05, 3.63) is 18.0 Å². The van der Waals surface area contributed by atoms with Crippen LogP contribution >= 0.6 is 0 Å². The van der Waals surface area contributed by atoms with Crippen LogP contribution in [-0.2, 0) is 11.8 Å². The molecule has 0 fully saturated rings. The number of aryl methyl sites for hydroxylation is 1. The Morgan fingerprint density at radius 2 is 2.25 bits per heavy atom. The second-order valence-corrected chi connectivity index (χ2v) is 3.96.